The number of anilines is 2. The van der Waals surface area contributed by atoms with Crippen molar-refractivity contribution >= 4 is 27.3 Å². The number of hydrogen-bond donors (Lipinski definition) is 0. The zero-order chi connectivity index (χ0) is 16.2. The van der Waals surface area contributed by atoms with Crippen LogP contribution in [0.4, 0.5) is 11.4 Å². The maximum atomic E-state index is 13.0. The van der Waals surface area contributed by atoms with E-state index in [2.05, 4.69) is 0 Å². The zero-order valence-corrected chi connectivity index (χ0v) is 13.5. The summed E-state index contributed by atoms with van der Waals surface area (Å²) < 4.78 is 27.4. The molecule has 0 radical (unpaired) electrons. The number of nitrogens with zero attached hydrogens (tertiary/aromatic N) is 2. The number of hydrogen-bond acceptors (Lipinski definition) is 3. The fourth-order valence-electron chi connectivity index (χ4n) is 3.29. The second kappa shape index (κ2) is 4.83. The number of carbonyl (C=O) groups excluding carboxylic acids is 1. The molecule has 2 aliphatic rings. The molecule has 118 valence electrons. The first-order valence-electron chi connectivity index (χ1n) is 7.48. The van der Waals surface area contributed by atoms with Crippen molar-refractivity contribution in [2.75, 3.05) is 22.8 Å². The topological polar surface area (TPSA) is 57.7 Å². The average Bonchev–Trinajstić information content (AvgIpc) is 3.09. The van der Waals surface area contributed by atoms with Crippen molar-refractivity contribution in [1.82, 2.24) is 0 Å². The normalized spacial score (nSPS) is 16.7. The second-order valence-corrected chi connectivity index (χ2v) is 7.74. The van der Waals surface area contributed by atoms with Gasteiger partial charge in [-0.3, -0.25) is 9.10 Å². The van der Waals surface area contributed by atoms with Crippen LogP contribution < -0.4 is 9.21 Å². The Morgan fingerprint density at radius 2 is 1.78 bits per heavy atom. The van der Waals surface area contributed by atoms with Crippen LogP contribution in [0.15, 0.2) is 47.4 Å². The summed E-state index contributed by atoms with van der Waals surface area (Å²) in [6, 6.07) is 12.5. The van der Waals surface area contributed by atoms with Gasteiger partial charge in [-0.05, 0) is 41.8 Å². The summed E-state index contributed by atoms with van der Waals surface area (Å²) >= 11 is 0. The molecule has 0 N–H and O–H groups in total. The molecule has 0 atom stereocenters. The van der Waals surface area contributed by atoms with Gasteiger partial charge in [0.25, 0.3) is 10.0 Å². The number of amides is 1. The Hall–Kier alpha value is -2.34. The molecule has 2 heterocycles. The maximum absolute atomic E-state index is 13.0. The first-order valence-corrected chi connectivity index (χ1v) is 8.92. The molecule has 1 amide bonds. The third-order valence-corrected chi connectivity index (χ3v) is 6.37. The van der Waals surface area contributed by atoms with Gasteiger partial charge in [-0.15, -0.1) is 0 Å². The Balaban J connectivity index is 1.77. The van der Waals surface area contributed by atoms with Crippen LogP contribution in [0.3, 0.4) is 0 Å². The van der Waals surface area contributed by atoms with E-state index in [1.165, 1.54) is 4.31 Å². The Kier molecular flexibility index (Phi) is 2.99. The van der Waals surface area contributed by atoms with Gasteiger partial charge in [-0.2, -0.15) is 0 Å². The molecule has 0 saturated carbocycles. The van der Waals surface area contributed by atoms with Gasteiger partial charge in [0, 0.05) is 19.3 Å². The lowest BCUT2D eigenvalue weighted by Crippen LogP contribution is -2.29. The molecule has 6 heteroatoms. The minimum absolute atomic E-state index is 0.0129. The zero-order valence-electron chi connectivity index (χ0n) is 12.7. The summed E-state index contributed by atoms with van der Waals surface area (Å²) in [6.07, 6.45) is 0.980. The first-order chi connectivity index (χ1) is 11.0. The van der Waals surface area contributed by atoms with Crippen molar-refractivity contribution < 1.29 is 13.2 Å². The van der Waals surface area contributed by atoms with E-state index < -0.39 is 10.0 Å². The van der Waals surface area contributed by atoms with Crippen molar-refractivity contribution in [1.29, 1.82) is 0 Å². The highest BCUT2D eigenvalue weighted by molar-refractivity contribution is 7.92. The van der Waals surface area contributed by atoms with Gasteiger partial charge in [0.1, 0.15) is 0 Å². The molecule has 2 aliphatic heterocycles. The number of likely N-dealkylation sites (N-methyl/N-ethyl adjacent to an activating group) is 1. The molecule has 23 heavy (non-hydrogen) atoms. The molecule has 4 rings (SSSR count). The summed E-state index contributed by atoms with van der Waals surface area (Å²) in [5.41, 5.74) is 3.36. The number of carbonyl (C=O) groups is 1. The van der Waals surface area contributed by atoms with Crippen LogP contribution in [0.1, 0.15) is 11.1 Å². The van der Waals surface area contributed by atoms with Crippen LogP contribution in [-0.2, 0) is 27.7 Å². The van der Waals surface area contributed by atoms with Crippen LogP contribution >= 0.6 is 0 Å². The number of sulfonamides is 1. The maximum Gasteiger partial charge on any atom is 0.264 e. The second-order valence-electron chi connectivity index (χ2n) is 5.88. The third-order valence-electron chi connectivity index (χ3n) is 4.56. The molecular weight excluding hydrogens is 312 g/mol. The average molecular weight is 328 g/mol. The van der Waals surface area contributed by atoms with Gasteiger partial charge in [0.05, 0.1) is 17.0 Å². The van der Waals surface area contributed by atoms with Crippen molar-refractivity contribution in [3.05, 3.63) is 53.6 Å². The van der Waals surface area contributed by atoms with Gasteiger partial charge in [0.15, 0.2) is 0 Å². The minimum atomic E-state index is -3.61. The molecule has 2 aromatic rings. The van der Waals surface area contributed by atoms with Crippen molar-refractivity contribution in [2.24, 2.45) is 0 Å². The van der Waals surface area contributed by atoms with Crippen LogP contribution in [-0.4, -0.2) is 27.9 Å². The molecule has 0 spiro atoms. The number of benzene rings is 2. The third kappa shape index (κ3) is 2.05. The SMILES string of the molecule is CN1C(=O)Cc2cc(S(=O)(=O)N3CCc4ccccc43)ccc21. The Labute approximate surface area is 135 Å². The van der Waals surface area contributed by atoms with E-state index in [1.807, 2.05) is 24.3 Å². The Morgan fingerprint density at radius 3 is 2.61 bits per heavy atom. The van der Waals surface area contributed by atoms with E-state index in [1.54, 1.807) is 30.1 Å². The van der Waals surface area contributed by atoms with Crippen LogP contribution in [0.25, 0.3) is 0 Å². The van der Waals surface area contributed by atoms with E-state index in [4.69, 9.17) is 0 Å². The summed E-state index contributed by atoms with van der Waals surface area (Å²) in [7, 11) is -1.90. The van der Waals surface area contributed by atoms with Gasteiger partial charge in [-0.25, -0.2) is 8.42 Å². The monoisotopic (exact) mass is 328 g/mol. The summed E-state index contributed by atoms with van der Waals surface area (Å²) in [6.45, 7) is 0.456. The van der Waals surface area contributed by atoms with Crippen LogP contribution in [0.2, 0.25) is 0 Å². The van der Waals surface area contributed by atoms with Crippen molar-refractivity contribution in [3.63, 3.8) is 0 Å². The number of para-hydroxylation sites is 1. The highest BCUT2D eigenvalue weighted by Crippen LogP contribution is 2.35. The van der Waals surface area contributed by atoms with E-state index >= 15 is 0 Å². The molecule has 0 bridgehead atoms. The van der Waals surface area contributed by atoms with E-state index in [9.17, 15) is 13.2 Å². The minimum Gasteiger partial charge on any atom is -0.315 e. The Morgan fingerprint density at radius 1 is 1.00 bits per heavy atom. The molecule has 0 aliphatic carbocycles. The molecule has 0 aromatic heterocycles. The predicted octanol–water partition coefficient (Wildman–Crippen LogP) is 1.96. The van der Waals surface area contributed by atoms with Gasteiger partial charge in [-0.1, -0.05) is 18.2 Å². The van der Waals surface area contributed by atoms with Gasteiger partial charge in [0.2, 0.25) is 5.91 Å². The van der Waals surface area contributed by atoms with Gasteiger partial charge < -0.3 is 4.90 Å². The van der Waals surface area contributed by atoms with Gasteiger partial charge >= 0.3 is 0 Å². The Bertz CT molecular complexity index is 921. The van der Waals surface area contributed by atoms with E-state index in [-0.39, 0.29) is 17.2 Å². The predicted molar refractivity (Wildman–Crippen MR) is 88.2 cm³/mol. The highest BCUT2D eigenvalue weighted by atomic mass is 32.2. The molecule has 0 unspecified atom stereocenters. The van der Waals surface area contributed by atoms with Crippen LogP contribution in [0.5, 0.6) is 0 Å². The van der Waals surface area contributed by atoms with Crippen molar-refractivity contribution in [2.45, 2.75) is 17.7 Å². The fraction of sp³-hybridized carbons (Fsp3) is 0.235. The number of rotatable bonds is 2. The molecular formula is C17H16N2O3S. The number of fused-ring (bicyclic) bond motifs is 2. The first kappa shape index (κ1) is 14.3. The summed E-state index contributed by atoms with van der Waals surface area (Å²) in [4.78, 5) is 13.6. The highest BCUT2D eigenvalue weighted by Gasteiger charge is 2.32. The fourth-order valence-corrected chi connectivity index (χ4v) is 4.85. The largest absolute Gasteiger partial charge is 0.315 e. The summed E-state index contributed by atoms with van der Waals surface area (Å²) in [5, 5.41) is 0. The lowest BCUT2D eigenvalue weighted by atomic mass is 10.2. The van der Waals surface area contributed by atoms with E-state index in [0.29, 0.717) is 6.54 Å². The lowest BCUT2D eigenvalue weighted by molar-refractivity contribution is -0.117. The smallest absolute Gasteiger partial charge is 0.264 e. The molecule has 2 aromatic carbocycles. The lowest BCUT2D eigenvalue weighted by Gasteiger charge is -2.20. The quantitative estimate of drug-likeness (QED) is 0.847. The van der Waals surface area contributed by atoms with E-state index in [0.717, 1.165) is 28.9 Å². The van der Waals surface area contributed by atoms with Crippen LogP contribution in [0, 0.1) is 0 Å². The molecule has 5 nitrogen and oxygen atoms in total. The summed E-state index contributed by atoms with van der Waals surface area (Å²) in [5.74, 6) is -0.0129. The van der Waals surface area contributed by atoms with Crippen molar-refractivity contribution in [3.8, 4) is 0 Å². The molecule has 0 saturated heterocycles. The standard InChI is InChI=1S/C17H16N2O3S/c1-18-15-7-6-14(10-13(15)11-17(18)20)23(21,22)19-9-8-12-4-2-3-5-16(12)19/h2-7,10H,8-9,11H2,1H3. The molecule has 0 fully saturated rings.